The summed E-state index contributed by atoms with van der Waals surface area (Å²) in [7, 11) is -0.944. The van der Waals surface area contributed by atoms with Gasteiger partial charge in [-0.3, -0.25) is 9.59 Å². The first-order valence-corrected chi connectivity index (χ1v) is 12.8. The van der Waals surface area contributed by atoms with Crippen LogP contribution in [0.15, 0.2) is 35.8 Å². The fraction of sp³-hybridized carbons (Fsp3) is 0.630. The van der Waals surface area contributed by atoms with Crippen molar-refractivity contribution in [2.45, 2.75) is 91.0 Å². The summed E-state index contributed by atoms with van der Waals surface area (Å²) in [5, 5.41) is 0. The zero-order valence-corrected chi connectivity index (χ0v) is 22.7. The van der Waals surface area contributed by atoms with Gasteiger partial charge in [0.1, 0.15) is 0 Å². The third-order valence-corrected chi connectivity index (χ3v) is 6.83. The fourth-order valence-corrected chi connectivity index (χ4v) is 4.11. The molecule has 1 atom stereocenters. The Morgan fingerprint density at radius 3 is 1.84 bits per heavy atom. The van der Waals surface area contributed by atoms with E-state index in [1.807, 2.05) is 40.7 Å². The number of carbonyl (C=O) groups excluding carboxylic acids is 2. The number of hydrogen-bond donors (Lipinski definition) is 0. The van der Waals surface area contributed by atoms with Crippen molar-refractivity contribution in [3.8, 4) is 0 Å². The molecule has 206 valence electrons. The first-order chi connectivity index (χ1) is 17.2. The van der Waals surface area contributed by atoms with Gasteiger partial charge in [-0.25, -0.2) is 0 Å². The molecule has 37 heavy (non-hydrogen) atoms. The predicted molar refractivity (Wildman–Crippen MR) is 135 cm³/mol. The van der Waals surface area contributed by atoms with Crippen LogP contribution in [0.5, 0.6) is 0 Å². The first-order valence-electron chi connectivity index (χ1n) is 12.8. The minimum absolute atomic E-state index is 0.0137. The van der Waals surface area contributed by atoms with Gasteiger partial charge in [-0.1, -0.05) is 38.0 Å². The molecule has 1 unspecified atom stereocenters. The highest BCUT2D eigenvalue weighted by Gasteiger charge is 2.55. The monoisotopic (exact) mass is 526 g/mol. The van der Waals surface area contributed by atoms with Crippen LogP contribution in [0.2, 0.25) is 0 Å². The average molecular weight is 526 g/mol. The Kier molecular flexibility index (Phi) is 10.4. The van der Waals surface area contributed by atoms with Crippen LogP contribution in [0.1, 0.15) is 84.8 Å². The lowest BCUT2D eigenvalue weighted by Crippen LogP contribution is -2.41. The van der Waals surface area contributed by atoms with E-state index in [1.54, 1.807) is 13.8 Å². The van der Waals surface area contributed by atoms with Crippen molar-refractivity contribution in [3.05, 3.63) is 46.9 Å². The molecule has 10 heteroatoms. The van der Waals surface area contributed by atoms with Crippen molar-refractivity contribution in [1.29, 1.82) is 0 Å². The molecule has 1 aliphatic rings. The molecule has 0 radical (unpaired) electrons. The number of alkyl halides is 3. The van der Waals surface area contributed by atoms with Gasteiger partial charge in [0, 0.05) is 5.92 Å². The highest BCUT2D eigenvalue weighted by Crippen LogP contribution is 2.44. The van der Waals surface area contributed by atoms with E-state index in [4.69, 9.17) is 18.8 Å². The summed E-state index contributed by atoms with van der Waals surface area (Å²) >= 11 is 0. The van der Waals surface area contributed by atoms with Crippen molar-refractivity contribution >= 4 is 19.1 Å². The minimum Gasteiger partial charge on any atom is -0.465 e. The molecule has 2 rings (SSSR count). The molecule has 1 fully saturated rings. The van der Waals surface area contributed by atoms with Crippen molar-refractivity contribution in [2.75, 3.05) is 13.2 Å². The smallest absolute Gasteiger partial charge is 0.465 e. The molecule has 1 aromatic carbocycles. The Bertz CT molecular complexity index is 922. The van der Waals surface area contributed by atoms with Crippen LogP contribution in [0.25, 0.3) is 0 Å². The standard InChI is InChI=1S/C27H38BF3O6/c1-8-11-12-13-20(28-36-25(4,5)26(6,7)37-28)21(18-14-16-19(17-15-18)27(29,30)31)22(23(32)34-9-2)24(33)35-10-3/h13-17,21-22H,8-12H2,1-7H3/b20-13-. The molecular weight excluding hydrogens is 488 g/mol. The molecule has 0 spiro atoms. The maximum atomic E-state index is 13.3. The summed E-state index contributed by atoms with van der Waals surface area (Å²) in [6.07, 6.45) is -0.393. The third-order valence-electron chi connectivity index (χ3n) is 6.83. The number of hydrogen-bond acceptors (Lipinski definition) is 6. The van der Waals surface area contributed by atoms with E-state index in [9.17, 15) is 22.8 Å². The van der Waals surface area contributed by atoms with Crippen LogP contribution in [0.4, 0.5) is 13.2 Å². The van der Waals surface area contributed by atoms with Crippen LogP contribution in [0, 0.1) is 5.92 Å². The normalized spacial score (nSPS) is 18.1. The number of halogens is 3. The molecule has 0 bridgehead atoms. The molecule has 1 heterocycles. The quantitative estimate of drug-likeness (QED) is 0.146. The van der Waals surface area contributed by atoms with Gasteiger partial charge in [0.05, 0.1) is 30.0 Å². The van der Waals surface area contributed by atoms with Gasteiger partial charge in [0.25, 0.3) is 0 Å². The summed E-state index contributed by atoms with van der Waals surface area (Å²) in [6, 6.07) is 4.42. The summed E-state index contributed by atoms with van der Waals surface area (Å²) in [4.78, 5) is 26.4. The highest BCUT2D eigenvalue weighted by molar-refractivity contribution is 6.55. The summed E-state index contributed by atoms with van der Waals surface area (Å²) in [5.41, 5.74) is -1.51. The lowest BCUT2D eigenvalue weighted by molar-refractivity contribution is -0.162. The number of benzene rings is 1. The Hall–Kier alpha value is -2.33. The molecule has 6 nitrogen and oxygen atoms in total. The number of carbonyl (C=O) groups is 2. The van der Waals surface area contributed by atoms with Gasteiger partial charge < -0.3 is 18.8 Å². The second kappa shape index (κ2) is 12.5. The number of ether oxygens (including phenoxy) is 2. The van der Waals surface area contributed by atoms with E-state index in [0.717, 1.165) is 25.0 Å². The maximum Gasteiger partial charge on any atom is 0.490 e. The summed E-state index contributed by atoms with van der Waals surface area (Å²) in [5.74, 6) is -4.16. The molecule has 1 saturated heterocycles. The van der Waals surface area contributed by atoms with E-state index < -0.39 is 53.8 Å². The van der Waals surface area contributed by atoms with E-state index in [0.29, 0.717) is 17.5 Å². The summed E-state index contributed by atoms with van der Waals surface area (Å²) < 4.78 is 63.0. The number of rotatable bonds is 11. The van der Waals surface area contributed by atoms with Crippen LogP contribution < -0.4 is 0 Å². The lowest BCUT2D eigenvalue weighted by atomic mass is 9.64. The fourth-order valence-electron chi connectivity index (χ4n) is 4.11. The molecule has 1 aliphatic heterocycles. The third kappa shape index (κ3) is 7.38. The largest absolute Gasteiger partial charge is 0.490 e. The molecule has 0 amide bonds. The molecule has 0 aliphatic carbocycles. The molecule has 0 saturated carbocycles. The van der Waals surface area contributed by atoms with E-state index in [1.165, 1.54) is 12.1 Å². The SMILES string of the molecule is CCCC/C=C(\B1OC(C)(C)C(C)(C)O1)C(c1ccc(C(F)(F)F)cc1)C(C(=O)OCC)C(=O)OCC. The van der Waals surface area contributed by atoms with E-state index in [2.05, 4.69) is 0 Å². The Labute approximate surface area is 218 Å². The second-order valence-electron chi connectivity index (χ2n) is 10.0. The Morgan fingerprint density at radius 2 is 1.43 bits per heavy atom. The maximum absolute atomic E-state index is 13.3. The Morgan fingerprint density at radius 1 is 0.946 bits per heavy atom. The van der Waals surface area contributed by atoms with E-state index in [-0.39, 0.29) is 13.2 Å². The zero-order chi connectivity index (χ0) is 28.0. The van der Waals surface area contributed by atoms with Crippen LogP contribution in [0.3, 0.4) is 0 Å². The predicted octanol–water partition coefficient (Wildman–Crippen LogP) is 6.28. The topological polar surface area (TPSA) is 71.1 Å². The van der Waals surface area contributed by atoms with Gasteiger partial charge >= 0.3 is 25.2 Å². The molecule has 0 aromatic heterocycles. The van der Waals surface area contributed by atoms with Crippen molar-refractivity contribution in [3.63, 3.8) is 0 Å². The van der Waals surface area contributed by atoms with Crippen molar-refractivity contribution in [2.24, 2.45) is 5.92 Å². The van der Waals surface area contributed by atoms with Gasteiger partial charge in [0.15, 0.2) is 5.92 Å². The number of unbranched alkanes of at least 4 members (excludes halogenated alkanes) is 2. The van der Waals surface area contributed by atoms with E-state index >= 15 is 0 Å². The highest BCUT2D eigenvalue weighted by atomic mass is 19.4. The Balaban J connectivity index is 2.76. The minimum atomic E-state index is -4.54. The average Bonchev–Trinajstić information content (AvgIpc) is 3.01. The van der Waals surface area contributed by atoms with Gasteiger partial charge in [-0.05, 0) is 71.1 Å². The molecule has 1 aromatic rings. The van der Waals surface area contributed by atoms with Crippen LogP contribution in [-0.4, -0.2) is 43.5 Å². The zero-order valence-electron chi connectivity index (χ0n) is 22.7. The molecular formula is C27H38BF3O6. The molecule has 0 N–H and O–H groups in total. The van der Waals surface area contributed by atoms with Crippen molar-refractivity contribution < 1.29 is 41.5 Å². The first kappa shape index (κ1) is 30.9. The van der Waals surface area contributed by atoms with Crippen LogP contribution in [-0.2, 0) is 34.5 Å². The van der Waals surface area contributed by atoms with Crippen molar-refractivity contribution in [1.82, 2.24) is 0 Å². The lowest BCUT2D eigenvalue weighted by Gasteiger charge is -2.32. The van der Waals surface area contributed by atoms with Gasteiger partial charge in [0.2, 0.25) is 0 Å². The van der Waals surface area contributed by atoms with Gasteiger partial charge in [-0.2, -0.15) is 13.2 Å². The second-order valence-corrected chi connectivity index (χ2v) is 10.0. The number of esters is 2. The van der Waals surface area contributed by atoms with Crippen LogP contribution >= 0.6 is 0 Å². The summed E-state index contributed by atoms with van der Waals surface area (Å²) in [6.45, 7) is 12.8. The number of allylic oxidation sites excluding steroid dienone is 2. The van der Waals surface area contributed by atoms with Gasteiger partial charge in [-0.15, -0.1) is 0 Å².